The molecule has 0 aliphatic heterocycles. The minimum absolute atomic E-state index is 0.299. The second-order valence-electron chi connectivity index (χ2n) is 4.07. The van der Waals surface area contributed by atoms with E-state index in [1.165, 1.54) is 0 Å². The van der Waals surface area contributed by atoms with Crippen LogP contribution in [0.15, 0.2) is 13.5 Å². The fourth-order valence-corrected chi connectivity index (χ4v) is 1.70. The van der Waals surface area contributed by atoms with Crippen molar-refractivity contribution in [2.24, 2.45) is 0 Å². The van der Waals surface area contributed by atoms with Gasteiger partial charge in [0.15, 0.2) is 17.5 Å². The van der Waals surface area contributed by atoms with Crippen LogP contribution in [0, 0.1) is 20.8 Å². The second-order valence-corrected chi connectivity index (χ2v) is 4.07. The molecule has 0 aliphatic carbocycles. The molecule has 0 amide bonds. The zero-order valence-corrected chi connectivity index (χ0v) is 10.7. The monoisotopic (exact) mass is 261 g/mol. The van der Waals surface area contributed by atoms with Gasteiger partial charge in [-0.05, 0) is 6.92 Å². The lowest BCUT2D eigenvalue weighted by Gasteiger charge is -1.86. The number of rotatable bonds is 3. The lowest BCUT2D eigenvalue weighted by Crippen LogP contribution is -1.93. The molecule has 3 heterocycles. The Labute approximate surface area is 107 Å². The zero-order valence-electron chi connectivity index (χ0n) is 10.7. The van der Waals surface area contributed by atoms with Crippen LogP contribution in [0.4, 0.5) is 0 Å². The van der Waals surface area contributed by atoms with Crippen molar-refractivity contribution in [2.75, 3.05) is 0 Å². The summed E-state index contributed by atoms with van der Waals surface area (Å²) in [5, 5.41) is 7.62. The Kier molecular flexibility index (Phi) is 2.62. The third-order valence-electron chi connectivity index (χ3n) is 2.45. The molecule has 0 aromatic carbocycles. The van der Waals surface area contributed by atoms with Crippen LogP contribution < -0.4 is 0 Å². The standard InChI is InChI=1S/C11H11N5O3/c1-5-10(17-6(2)12-5)11-14-9(16-19-11)4-8-13-7(3)18-15-8/h4H2,1-3H3. The number of hydrogen-bond donors (Lipinski definition) is 0. The first-order valence-electron chi connectivity index (χ1n) is 5.68. The summed E-state index contributed by atoms with van der Waals surface area (Å²) in [6.45, 7) is 5.30. The highest BCUT2D eigenvalue weighted by molar-refractivity contribution is 5.47. The number of hydrogen-bond acceptors (Lipinski definition) is 8. The van der Waals surface area contributed by atoms with Gasteiger partial charge >= 0.3 is 0 Å². The van der Waals surface area contributed by atoms with Crippen LogP contribution in [0.1, 0.15) is 29.1 Å². The molecule has 19 heavy (non-hydrogen) atoms. The molecule has 98 valence electrons. The van der Waals surface area contributed by atoms with E-state index in [0.29, 0.717) is 47.2 Å². The topological polar surface area (TPSA) is 104 Å². The Hall–Kier alpha value is -2.51. The molecule has 0 N–H and O–H groups in total. The predicted octanol–water partition coefficient (Wildman–Crippen LogP) is 1.62. The molecule has 0 atom stereocenters. The fraction of sp³-hybridized carbons (Fsp3) is 0.364. The summed E-state index contributed by atoms with van der Waals surface area (Å²) in [6, 6.07) is 0. The molecule has 0 radical (unpaired) electrons. The molecule has 3 rings (SSSR count). The van der Waals surface area contributed by atoms with Crippen molar-refractivity contribution in [3.8, 4) is 11.7 Å². The highest BCUT2D eigenvalue weighted by Crippen LogP contribution is 2.22. The fourth-order valence-electron chi connectivity index (χ4n) is 1.70. The van der Waals surface area contributed by atoms with E-state index in [9.17, 15) is 0 Å². The molecule has 8 heteroatoms. The molecule has 0 unspecified atom stereocenters. The van der Waals surface area contributed by atoms with Crippen LogP contribution >= 0.6 is 0 Å². The molecule has 0 saturated heterocycles. The average molecular weight is 261 g/mol. The molecule has 3 aromatic rings. The lowest BCUT2D eigenvalue weighted by molar-refractivity contribution is 0.386. The predicted molar refractivity (Wildman–Crippen MR) is 61.1 cm³/mol. The maximum absolute atomic E-state index is 5.41. The zero-order chi connectivity index (χ0) is 13.4. The smallest absolute Gasteiger partial charge is 0.295 e. The average Bonchev–Trinajstić information content (AvgIpc) is 3.02. The van der Waals surface area contributed by atoms with Gasteiger partial charge in [0, 0.05) is 13.8 Å². The van der Waals surface area contributed by atoms with E-state index in [-0.39, 0.29) is 0 Å². The number of aromatic nitrogens is 5. The molecule has 0 bridgehead atoms. The van der Waals surface area contributed by atoms with E-state index in [4.69, 9.17) is 13.5 Å². The summed E-state index contributed by atoms with van der Waals surface area (Å²) >= 11 is 0. The first-order valence-corrected chi connectivity index (χ1v) is 5.68. The molecule has 0 saturated carbocycles. The van der Waals surface area contributed by atoms with Gasteiger partial charge in [-0.2, -0.15) is 9.97 Å². The quantitative estimate of drug-likeness (QED) is 0.700. The van der Waals surface area contributed by atoms with E-state index in [0.717, 1.165) is 0 Å². The van der Waals surface area contributed by atoms with Crippen LogP contribution in [0.3, 0.4) is 0 Å². The Morgan fingerprint density at radius 1 is 0.842 bits per heavy atom. The third kappa shape index (κ3) is 2.24. The van der Waals surface area contributed by atoms with Crippen LogP contribution in [-0.2, 0) is 6.42 Å². The minimum Gasteiger partial charge on any atom is -0.436 e. The highest BCUT2D eigenvalue weighted by atomic mass is 16.5. The van der Waals surface area contributed by atoms with E-state index < -0.39 is 0 Å². The third-order valence-corrected chi connectivity index (χ3v) is 2.45. The van der Waals surface area contributed by atoms with Gasteiger partial charge in [0.1, 0.15) is 0 Å². The molecular formula is C11H11N5O3. The number of oxazole rings is 1. The van der Waals surface area contributed by atoms with Crippen molar-refractivity contribution in [3.05, 3.63) is 29.1 Å². The summed E-state index contributed by atoms with van der Waals surface area (Å²) in [5.74, 6) is 2.81. The van der Waals surface area contributed by atoms with Crippen molar-refractivity contribution in [3.63, 3.8) is 0 Å². The van der Waals surface area contributed by atoms with Gasteiger partial charge in [0.2, 0.25) is 11.7 Å². The van der Waals surface area contributed by atoms with Crippen LogP contribution in [0.25, 0.3) is 11.7 Å². The SMILES string of the molecule is Cc1nc(Cc2noc(-c3oc(C)nc3C)n2)no1. The molecule has 0 fully saturated rings. The number of aryl methyl sites for hydroxylation is 3. The van der Waals surface area contributed by atoms with Crippen molar-refractivity contribution >= 4 is 0 Å². The molecule has 3 aromatic heterocycles. The van der Waals surface area contributed by atoms with Crippen LogP contribution in [-0.4, -0.2) is 25.3 Å². The summed E-state index contributed by atoms with van der Waals surface area (Å²) < 4.78 is 15.4. The maximum Gasteiger partial charge on any atom is 0.295 e. The molecular weight excluding hydrogens is 250 g/mol. The Balaban J connectivity index is 1.85. The maximum atomic E-state index is 5.41. The van der Waals surface area contributed by atoms with E-state index in [1.54, 1.807) is 13.8 Å². The first kappa shape index (κ1) is 11.6. The first-order chi connectivity index (χ1) is 9.11. The van der Waals surface area contributed by atoms with Crippen molar-refractivity contribution in [2.45, 2.75) is 27.2 Å². The van der Waals surface area contributed by atoms with Gasteiger partial charge < -0.3 is 13.5 Å². The van der Waals surface area contributed by atoms with E-state index in [1.807, 2.05) is 6.92 Å². The van der Waals surface area contributed by atoms with Gasteiger partial charge in [-0.25, -0.2) is 4.98 Å². The highest BCUT2D eigenvalue weighted by Gasteiger charge is 2.18. The van der Waals surface area contributed by atoms with E-state index >= 15 is 0 Å². The van der Waals surface area contributed by atoms with Crippen LogP contribution in [0.5, 0.6) is 0 Å². The summed E-state index contributed by atoms with van der Waals surface area (Å²) in [7, 11) is 0. The van der Waals surface area contributed by atoms with E-state index in [2.05, 4.69) is 25.3 Å². The summed E-state index contributed by atoms with van der Waals surface area (Å²) in [6.07, 6.45) is 0.340. The normalized spacial score (nSPS) is 11.1. The minimum atomic E-state index is 0.299. The Morgan fingerprint density at radius 2 is 1.58 bits per heavy atom. The summed E-state index contributed by atoms with van der Waals surface area (Å²) in [4.78, 5) is 12.5. The van der Waals surface area contributed by atoms with Crippen LogP contribution in [0.2, 0.25) is 0 Å². The van der Waals surface area contributed by atoms with Gasteiger partial charge in [-0.15, -0.1) is 0 Å². The molecule has 0 aliphatic rings. The van der Waals surface area contributed by atoms with Gasteiger partial charge in [-0.1, -0.05) is 10.3 Å². The lowest BCUT2D eigenvalue weighted by atomic mass is 10.3. The number of nitrogens with zero attached hydrogens (tertiary/aromatic N) is 5. The van der Waals surface area contributed by atoms with Gasteiger partial charge in [0.05, 0.1) is 12.1 Å². The second kappa shape index (κ2) is 4.30. The molecule has 0 spiro atoms. The van der Waals surface area contributed by atoms with Crippen molar-refractivity contribution < 1.29 is 13.5 Å². The molecule has 8 nitrogen and oxygen atoms in total. The Morgan fingerprint density at radius 3 is 2.21 bits per heavy atom. The van der Waals surface area contributed by atoms with Crippen molar-refractivity contribution in [1.82, 2.24) is 25.3 Å². The van der Waals surface area contributed by atoms with Gasteiger partial charge in [0.25, 0.3) is 5.89 Å². The Bertz CT molecular complexity index is 712. The van der Waals surface area contributed by atoms with Gasteiger partial charge in [-0.3, -0.25) is 0 Å². The summed E-state index contributed by atoms with van der Waals surface area (Å²) in [5.41, 5.74) is 0.711. The van der Waals surface area contributed by atoms with Crippen molar-refractivity contribution in [1.29, 1.82) is 0 Å². The largest absolute Gasteiger partial charge is 0.436 e.